The molecule has 0 saturated heterocycles. The second kappa shape index (κ2) is 3.95. The van der Waals surface area contributed by atoms with Gasteiger partial charge in [0.15, 0.2) is 17.3 Å². The number of halogens is 1. The number of ether oxygens (including phenoxy) is 1. The normalized spacial score (nSPS) is 9.77. The van der Waals surface area contributed by atoms with Gasteiger partial charge in [-0.2, -0.15) is 0 Å². The summed E-state index contributed by atoms with van der Waals surface area (Å²) < 4.78 is 17.5. The van der Waals surface area contributed by atoms with Gasteiger partial charge in [0.2, 0.25) is 0 Å². The lowest BCUT2D eigenvalue weighted by molar-refractivity contribution is 0.0996. The van der Waals surface area contributed by atoms with Gasteiger partial charge in [-0.25, -0.2) is 9.37 Å². The smallest absolute Gasteiger partial charge is 0.194 e. The van der Waals surface area contributed by atoms with Crippen molar-refractivity contribution in [3.05, 3.63) is 23.8 Å². The highest BCUT2D eigenvalue weighted by Crippen LogP contribution is 2.15. The maximum Gasteiger partial charge on any atom is 0.194 e. The van der Waals surface area contributed by atoms with Crippen molar-refractivity contribution in [2.45, 2.75) is 0 Å². The van der Waals surface area contributed by atoms with Crippen molar-refractivity contribution in [3.8, 4) is 5.75 Å². The van der Waals surface area contributed by atoms with Gasteiger partial charge in [-0.05, 0) is 0 Å². The number of nitrogens with zero attached hydrogens (tertiary/aromatic N) is 1. The predicted molar refractivity (Wildman–Crippen MR) is 44.1 cm³/mol. The Hall–Kier alpha value is -1.49. The van der Waals surface area contributed by atoms with E-state index >= 15 is 0 Å². The van der Waals surface area contributed by atoms with Crippen LogP contribution in [-0.4, -0.2) is 24.4 Å². The average Bonchev–Trinajstić information content (AvgIpc) is 2.17. The first-order chi connectivity index (χ1) is 6.19. The van der Waals surface area contributed by atoms with Crippen LogP contribution in [-0.2, 0) is 0 Å². The number of aromatic nitrogens is 1. The molecular weight excluding hydrogens is 175 g/mol. The van der Waals surface area contributed by atoms with Crippen LogP contribution in [0.3, 0.4) is 0 Å². The fraction of sp³-hybridized carbons (Fsp3) is 0.250. The third kappa shape index (κ3) is 2.00. The van der Waals surface area contributed by atoms with Gasteiger partial charge in [0, 0.05) is 6.07 Å². The lowest BCUT2D eigenvalue weighted by Gasteiger charge is -2.02. The Morgan fingerprint density at radius 3 is 3.00 bits per heavy atom. The summed E-state index contributed by atoms with van der Waals surface area (Å²) >= 11 is 0. The molecule has 4 nitrogen and oxygen atoms in total. The molecule has 70 valence electrons. The van der Waals surface area contributed by atoms with Crippen molar-refractivity contribution in [2.24, 2.45) is 5.73 Å². The number of rotatable bonds is 3. The molecule has 1 rings (SSSR count). The van der Waals surface area contributed by atoms with E-state index in [1.807, 2.05) is 0 Å². The summed E-state index contributed by atoms with van der Waals surface area (Å²) in [6.07, 6.45) is 0.932. The van der Waals surface area contributed by atoms with Crippen LogP contribution in [0, 0.1) is 5.82 Å². The molecule has 0 bridgehead atoms. The highest BCUT2D eigenvalue weighted by Gasteiger charge is 2.09. The second-order valence-electron chi connectivity index (χ2n) is 2.33. The van der Waals surface area contributed by atoms with Crippen LogP contribution in [0.4, 0.5) is 4.39 Å². The van der Waals surface area contributed by atoms with Gasteiger partial charge < -0.3 is 10.5 Å². The molecule has 1 aromatic rings. The summed E-state index contributed by atoms with van der Waals surface area (Å²) in [5.74, 6) is -0.957. The Kier molecular flexibility index (Phi) is 2.92. The topological polar surface area (TPSA) is 65.2 Å². The molecule has 1 heterocycles. The molecule has 0 radical (unpaired) electrons. The van der Waals surface area contributed by atoms with Crippen molar-refractivity contribution in [1.82, 2.24) is 4.98 Å². The molecule has 0 aliphatic rings. The standard InChI is InChI=1S/C8H9FN2O2/c1-13-8-2-6(7(12)3-10)11-4-5(8)9/h2,4H,3,10H2,1H3. The molecule has 13 heavy (non-hydrogen) atoms. The SMILES string of the molecule is COc1cc(C(=O)CN)ncc1F. The van der Waals surface area contributed by atoms with E-state index in [4.69, 9.17) is 5.73 Å². The Morgan fingerprint density at radius 1 is 1.77 bits per heavy atom. The highest BCUT2D eigenvalue weighted by atomic mass is 19.1. The van der Waals surface area contributed by atoms with Crippen LogP contribution in [0.2, 0.25) is 0 Å². The number of methoxy groups -OCH3 is 1. The zero-order valence-electron chi connectivity index (χ0n) is 7.08. The van der Waals surface area contributed by atoms with Crippen molar-refractivity contribution < 1.29 is 13.9 Å². The summed E-state index contributed by atoms with van der Waals surface area (Å²) in [4.78, 5) is 14.6. The van der Waals surface area contributed by atoms with Gasteiger partial charge in [0.1, 0.15) is 5.69 Å². The summed E-state index contributed by atoms with van der Waals surface area (Å²) in [5.41, 5.74) is 5.22. The first-order valence-electron chi connectivity index (χ1n) is 3.62. The molecule has 0 unspecified atom stereocenters. The third-order valence-corrected chi connectivity index (χ3v) is 1.51. The molecular formula is C8H9FN2O2. The number of hydrogen-bond acceptors (Lipinski definition) is 4. The zero-order valence-corrected chi connectivity index (χ0v) is 7.08. The molecule has 0 aromatic carbocycles. The Labute approximate surface area is 74.5 Å². The van der Waals surface area contributed by atoms with E-state index in [0.29, 0.717) is 0 Å². The molecule has 2 N–H and O–H groups in total. The highest BCUT2D eigenvalue weighted by molar-refractivity contribution is 5.95. The Balaban J connectivity index is 3.06. The van der Waals surface area contributed by atoms with Crippen LogP contribution in [0.25, 0.3) is 0 Å². The van der Waals surface area contributed by atoms with E-state index in [9.17, 15) is 9.18 Å². The first-order valence-corrected chi connectivity index (χ1v) is 3.62. The van der Waals surface area contributed by atoms with E-state index in [1.54, 1.807) is 0 Å². The van der Waals surface area contributed by atoms with Gasteiger partial charge >= 0.3 is 0 Å². The van der Waals surface area contributed by atoms with Gasteiger partial charge in [-0.3, -0.25) is 4.79 Å². The van der Waals surface area contributed by atoms with Crippen molar-refractivity contribution in [1.29, 1.82) is 0 Å². The zero-order chi connectivity index (χ0) is 9.84. The molecule has 0 aliphatic heterocycles. The van der Waals surface area contributed by atoms with E-state index in [0.717, 1.165) is 6.20 Å². The van der Waals surface area contributed by atoms with Gasteiger partial charge in [-0.1, -0.05) is 0 Å². The second-order valence-corrected chi connectivity index (χ2v) is 2.33. The predicted octanol–water partition coefficient (Wildman–Crippen LogP) is 0.371. The largest absolute Gasteiger partial charge is 0.494 e. The lowest BCUT2D eigenvalue weighted by Crippen LogP contribution is -2.15. The van der Waals surface area contributed by atoms with Crippen LogP contribution in [0.1, 0.15) is 10.5 Å². The van der Waals surface area contributed by atoms with Crippen LogP contribution < -0.4 is 10.5 Å². The minimum absolute atomic E-state index is 0.00759. The molecule has 0 atom stereocenters. The number of carbonyl (C=O) groups is 1. The molecule has 0 fully saturated rings. The Morgan fingerprint density at radius 2 is 2.46 bits per heavy atom. The molecule has 0 aliphatic carbocycles. The van der Waals surface area contributed by atoms with E-state index in [2.05, 4.69) is 9.72 Å². The summed E-state index contributed by atoms with van der Waals surface area (Å²) in [6.45, 7) is -0.151. The van der Waals surface area contributed by atoms with Gasteiger partial charge in [0.25, 0.3) is 0 Å². The Bertz CT molecular complexity index is 328. The minimum atomic E-state index is -0.601. The van der Waals surface area contributed by atoms with E-state index in [-0.39, 0.29) is 23.8 Å². The van der Waals surface area contributed by atoms with Crippen molar-refractivity contribution in [2.75, 3.05) is 13.7 Å². The summed E-state index contributed by atoms with van der Waals surface area (Å²) in [7, 11) is 1.31. The van der Waals surface area contributed by atoms with Gasteiger partial charge in [0.05, 0.1) is 19.9 Å². The van der Waals surface area contributed by atoms with Gasteiger partial charge in [-0.15, -0.1) is 0 Å². The quantitative estimate of drug-likeness (QED) is 0.689. The lowest BCUT2D eigenvalue weighted by atomic mass is 10.2. The molecule has 0 saturated carbocycles. The monoisotopic (exact) mass is 184 g/mol. The maximum absolute atomic E-state index is 12.8. The molecule has 0 amide bonds. The molecule has 5 heteroatoms. The van der Waals surface area contributed by atoms with E-state index < -0.39 is 5.82 Å². The number of nitrogens with two attached hydrogens (primary N) is 1. The third-order valence-electron chi connectivity index (χ3n) is 1.51. The van der Waals surface area contributed by atoms with Crippen LogP contribution in [0.15, 0.2) is 12.3 Å². The number of hydrogen-bond donors (Lipinski definition) is 1. The van der Waals surface area contributed by atoms with Crippen molar-refractivity contribution in [3.63, 3.8) is 0 Å². The number of pyridine rings is 1. The average molecular weight is 184 g/mol. The summed E-state index contributed by atoms with van der Waals surface area (Å²) in [6, 6.07) is 1.23. The van der Waals surface area contributed by atoms with Crippen LogP contribution >= 0.6 is 0 Å². The molecule has 1 aromatic heterocycles. The number of carbonyl (C=O) groups excluding carboxylic acids is 1. The fourth-order valence-corrected chi connectivity index (χ4v) is 0.834. The molecule has 0 spiro atoms. The van der Waals surface area contributed by atoms with E-state index in [1.165, 1.54) is 13.2 Å². The maximum atomic E-state index is 12.8. The minimum Gasteiger partial charge on any atom is -0.494 e. The van der Waals surface area contributed by atoms with Crippen LogP contribution in [0.5, 0.6) is 5.75 Å². The summed E-state index contributed by atoms with van der Waals surface area (Å²) in [5, 5.41) is 0. The number of ketones is 1. The fourth-order valence-electron chi connectivity index (χ4n) is 0.834. The van der Waals surface area contributed by atoms with Crippen molar-refractivity contribution >= 4 is 5.78 Å². The number of Topliss-reactive ketones (excluding diaryl/α,β-unsaturated/α-hetero) is 1. The first kappa shape index (κ1) is 9.60.